The Morgan fingerprint density at radius 3 is 2.58 bits per heavy atom. The second kappa shape index (κ2) is 4.62. The van der Waals surface area contributed by atoms with Crippen LogP contribution in [0.1, 0.15) is 47.2 Å². The Morgan fingerprint density at radius 1 is 1.21 bits per heavy atom. The van der Waals surface area contributed by atoms with Gasteiger partial charge in [0.25, 0.3) is 0 Å². The van der Waals surface area contributed by atoms with Gasteiger partial charge < -0.3 is 10.2 Å². The number of carbonyl (C=O) groups is 1. The first-order valence-electron chi connectivity index (χ1n) is 6.86. The van der Waals surface area contributed by atoms with E-state index in [1.807, 2.05) is 6.07 Å². The van der Waals surface area contributed by atoms with Crippen LogP contribution in [0.2, 0.25) is 0 Å². The Bertz CT molecular complexity index is 506. The third-order valence-electron chi connectivity index (χ3n) is 4.29. The second-order valence-corrected chi connectivity index (χ2v) is 5.87. The molecule has 0 unspecified atom stereocenters. The van der Waals surface area contributed by atoms with E-state index >= 15 is 0 Å². The van der Waals surface area contributed by atoms with E-state index in [2.05, 4.69) is 4.90 Å². The highest BCUT2D eigenvalue weighted by Gasteiger charge is 2.34. The summed E-state index contributed by atoms with van der Waals surface area (Å²) in [6.45, 7) is 2.26. The third kappa shape index (κ3) is 2.51. The minimum absolute atomic E-state index is 0.347. The van der Waals surface area contributed by atoms with Crippen LogP contribution in [-0.2, 0) is 13.1 Å². The van der Waals surface area contributed by atoms with Gasteiger partial charge in [-0.05, 0) is 36.1 Å². The molecule has 3 rings (SSSR count). The van der Waals surface area contributed by atoms with Crippen molar-refractivity contribution in [3.63, 3.8) is 0 Å². The summed E-state index contributed by atoms with van der Waals surface area (Å²) in [5.74, 6) is -0.879. The van der Waals surface area contributed by atoms with Crippen LogP contribution < -0.4 is 0 Å². The Morgan fingerprint density at radius 2 is 1.89 bits per heavy atom. The first-order valence-corrected chi connectivity index (χ1v) is 6.86. The van der Waals surface area contributed by atoms with Gasteiger partial charge in [-0.2, -0.15) is 0 Å². The molecule has 1 aliphatic carbocycles. The Labute approximate surface area is 112 Å². The fourth-order valence-electron chi connectivity index (χ4n) is 3.32. The van der Waals surface area contributed by atoms with E-state index in [1.54, 1.807) is 12.1 Å². The van der Waals surface area contributed by atoms with Crippen LogP contribution in [0.25, 0.3) is 0 Å². The minimum atomic E-state index is -0.879. The van der Waals surface area contributed by atoms with Crippen LogP contribution in [0.15, 0.2) is 18.2 Å². The lowest BCUT2D eigenvalue weighted by atomic mass is 10.0. The third-order valence-corrected chi connectivity index (χ3v) is 4.29. The van der Waals surface area contributed by atoms with Gasteiger partial charge in [0.05, 0.1) is 11.2 Å². The van der Waals surface area contributed by atoms with Gasteiger partial charge in [-0.15, -0.1) is 0 Å². The van der Waals surface area contributed by atoms with Gasteiger partial charge in [0, 0.05) is 19.6 Å². The summed E-state index contributed by atoms with van der Waals surface area (Å²) in [4.78, 5) is 13.2. The number of carboxylic acids is 1. The molecule has 19 heavy (non-hydrogen) atoms. The van der Waals surface area contributed by atoms with Gasteiger partial charge in [0.15, 0.2) is 0 Å². The van der Waals surface area contributed by atoms with Gasteiger partial charge in [0.2, 0.25) is 0 Å². The lowest BCUT2D eigenvalue weighted by molar-refractivity contribution is 0.00815. The first-order chi connectivity index (χ1) is 9.06. The molecule has 0 aromatic heterocycles. The largest absolute Gasteiger partial charge is 0.478 e. The van der Waals surface area contributed by atoms with Gasteiger partial charge in [-0.3, -0.25) is 4.90 Å². The van der Waals surface area contributed by atoms with Crippen molar-refractivity contribution in [2.24, 2.45) is 0 Å². The number of aliphatic hydroxyl groups is 1. The van der Waals surface area contributed by atoms with E-state index in [0.29, 0.717) is 12.1 Å². The molecule has 1 aromatic carbocycles. The van der Waals surface area contributed by atoms with Gasteiger partial charge in [-0.1, -0.05) is 18.9 Å². The molecule has 0 saturated heterocycles. The number of rotatable bonds is 3. The molecule has 102 valence electrons. The number of β-amino-alcohol motifs (C(OH)–C–C–N with tert-alkyl or cyclic N) is 1. The molecule has 1 saturated carbocycles. The summed E-state index contributed by atoms with van der Waals surface area (Å²) >= 11 is 0. The zero-order valence-corrected chi connectivity index (χ0v) is 10.9. The summed E-state index contributed by atoms with van der Waals surface area (Å²) in [5, 5.41) is 19.4. The van der Waals surface area contributed by atoms with Crippen molar-refractivity contribution >= 4 is 5.97 Å². The van der Waals surface area contributed by atoms with Crippen molar-refractivity contribution in [3.05, 3.63) is 34.9 Å². The second-order valence-electron chi connectivity index (χ2n) is 5.87. The average molecular weight is 261 g/mol. The number of nitrogens with zero attached hydrogens (tertiary/aromatic N) is 1. The molecule has 1 aromatic rings. The number of carboxylic acid groups (broad SMARTS) is 1. The molecular formula is C15H19NO3. The summed E-state index contributed by atoms with van der Waals surface area (Å²) in [7, 11) is 0. The molecular weight excluding hydrogens is 242 g/mol. The summed E-state index contributed by atoms with van der Waals surface area (Å²) in [5.41, 5.74) is 2.09. The molecule has 0 amide bonds. The van der Waals surface area contributed by atoms with Crippen LogP contribution in [0.4, 0.5) is 0 Å². The maximum atomic E-state index is 11.0. The summed E-state index contributed by atoms with van der Waals surface area (Å²) < 4.78 is 0. The van der Waals surface area contributed by atoms with Crippen LogP contribution in [-0.4, -0.2) is 33.2 Å². The highest BCUT2D eigenvalue weighted by Crippen LogP contribution is 2.33. The monoisotopic (exact) mass is 261 g/mol. The van der Waals surface area contributed by atoms with E-state index in [9.17, 15) is 9.90 Å². The number of hydrogen-bond acceptors (Lipinski definition) is 3. The van der Waals surface area contributed by atoms with E-state index in [0.717, 1.165) is 44.3 Å². The number of benzene rings is 1. The van der Waals surface area contributed by atoms with Crippen molar-refractivity contribution in [1.82, 2.24) is 4.90 Å². The fraction of sp³-hybridized carbons (Fsp3) is 0.533. The molecule has 0 spiro atoms. The Balaban J connectivity index is 1.71. The van der Waals surface area contributed by atoms with Crippen molar-refractivity contribution < 1.29 is 15.0 Å². The lowest BCUT2D eigenvalue weighted by Crippen LogP contribution is -2.38. The normalized spacial score (nSPS) is 21.5. The number of aromatic carboxylic acids is 1. The summed E-state index contributed by atoms with van der Waals surface area (Å²) in [6.07, 6.45) is 4.00. The van der Waals surface area contributed by atoms with E-state index in [1.165, 1.54) is 5.56 Å². The van der Waals surface area contributed by atoms with Crippen molar-refractivity contribution in [2.45, 2.75) is 44.4 Å². The lowest BCUT2D eigenvalue weighted by Gasteiger charge is -2.28. The highest BCUT2D eigenvalue weighted by atomic mass is 16.4. The molecule has 1 aliphatic heterocycles. The van der Waals surface area contributed by atoms with E-state index < -0.39 is 11.6 Å². The smallest absolute Gasteiger partial charge is 0.335 e. The Kier molecular flexibility index (Phi) is 3.07. The van der Waals surface area contributed by atoms with Gasteiger partial charge in [0.1, 0.15) is 0 Å². The van der Waals surface area contributed by atoms with Gasteiger partial charge in [-0.25, -0.2) is 4.79 Å². The van der Waals surface area contributed by atoms with Crippen molar-refractivity contribution in [2.75, 3.05) is 6.54 Å². The number of hydrogen-bond donors (Lipinski definition) is 2. The first kappa shape index (κ1) is 12.6. The molecule has 1 fully saturated rings. The van der Waals surface area contributed by atoms with Crippen molar-refractivity contribution in [1.29, 1.82) is 0 Å². The highest BCUT2D eigenvalue weighted by molar-refractivity contribution is 5.87. The topological polar surface area (TPSA) is 60.8 Å². The standard InChI is InChI=1S/C15H19NO3/c17-14(18)11-3-4-12-8-16(9-13(12)7-11)10-15(19)5-1-2-6-15/h3-4,7,19H,1-2,5-6,8-10H2,(H,17,18). The molecule has 0 atom stereocenters. The van der Waals surface area contributed by atoms with Gasteiger partial charge >= 0.3 is 5.97 Å². The maximum Gasteiger partial charge on any atom is 0.335 e. The molecule has 4 heteroatoms. The zero-order chi connectivity index (χ0) is 13.5. The van der Waals surface area contributed by atoms with Crippen LogP contribution in [0.3, 0.4) is 0 Å². The van der Waals surface area contributed by atoms with Crippen molar-refractivity contribution in [3.8, 4) is 0 Å². The fourth-order valence-corrected chi connectivity index (χ4v) is 3.32. The SMILES string of the molecule is O=C(O)c1ccc2c(c1)CN(CC1(O)CCCC1)C2. The molecule has 2 N–H and O–H groups in total. The predicted octanol–water partition coefficient (Wildman–Crippen LogP) is 2.01. The van der Waals surface area contributed by atoms with Crippen LogP contribution in [0.5, 0.6) is 0 Å². The van der Waals surface area contributed by atoms with E-state index in [-0.39, 0.29) is 0 Å². The molecule has 2 aliphatic rings. The average Bonchev–Trinajstić information content (AvgIpc) is 2.94. The molecule has 1 heterocycles. The molecule has 0 radical (unpaired) electrons. The van der Waals surface area contributed by atoms with Crippen LogP contribution >= 0.6 is 0 Å². The summed E-state index contributed by atoms with van der Waals surface area (Å²) in [6, 6.07) is 5.32. The predicted molar refractivity (Wildman–Crippen MR) is 70.9 cm³/mol. The van der Waals surface area contributed by atoms with Crippen LogP contribution in [0, 0.1) is 0 Å². The van der Waals surface area contributed by atoms with E-state index in [4.69, 9.17) is 5.11 Å². The minimum Gasteiger partial charge on any atom is -0.478 e. The zero-order valence-electron chi connectivity index (χ0n) is 10.9. The molecule has 4 nitrogen and oxygen atoms in total. The maximum absolute atomic E-state index is 11.0. The Hall–Kier alpha value is -1.39. The quantitative estimate of drug-likeness (QED) is 0.873. The number of fused-ring (bicyclic) bond motifs is 1. The molecule has 0 bridgehead atoms.